The Morgan fingerprint density at radius 3 is 2.44 bits per heavy atom. The summed E-state index contributed by atoms with van der Waals surface area (Å²) in [4.78, 5) is 11.3. The maximum atomic E-state index is 11.3. The number of hydrogen-bond acceptors (Lipinski definition) is 3. The molecule has 1 fully saturated rings. The topological polar surface area (TPSA) is 58.6 Å². The first-order valence-electron chi connectivity index (χ1n) is 7.18. The van der Waals surface area contributed by atoms with E-state index in [9.17, 15) is 9.90 Å². The summed E-state index contributed by atoms with van der Waals surface area (Å²) in [7, 11) is 0. The van der Waals surface area contributed by atoms with Crippen molar-refractivity contribution in [1.29, 1.82) is 0 Å². The molecular formula is C14H27NO3. The second-order valence-electron chi connectivity index (χ2n) is 5.49. The second kappa shape index (κ2) is 7.74. The average Bonchev–Trinajstić information content (AvgIpc) is 2.62. The van der Waals surface area contributed by atoms with Crippen LogP contribution < -0.4 is 5.32 Å². The Hall–Kier alpha value is -0.610. The number of carboxylic acid groups (broad SMARTS) is 1. The molecule has 106 valence electrons. The highest BCUT2D eigenvalue weighted by atomic mass is 16.5. The zero-order valence-corrected chi connectivity index (χ0v) is 11.7. The minimum Gasteiger partial charge on any atom is -0.480 e. The highest BCUT2D eigenvalue weighted by Gasteiger charge is 2.33. The largest absolute Gasteiger partial charge is 0.480 e. The Kier molecular flexibility index (Phi) is 6.65. The molecule has 1 saturated carbocycles. The Morgan fingerprint density at radius 2 is 1.94 bits per heavy atom. The molecule has 0 amide bonds. The molecule has 1 rings (SSSR count). The van der Waals surface area contributed by atoms with E-state index in [1.165, 1.54) is 25.7 Å². The molecule has 0 heterocycles. The predicted octanol–water partition coefficient (Wildman–Crippen LogP) is 2.57. The van der Waals surface area contributed by atoms with E-state index in [-0.39, 0.29) is 12.7 Å². The Labute approximate surface area is 110 Å². The number of hydrogen-bond donors (Lipinski definition) is 2. The van der Waals surface area contributed by atoms with E-state index in [1.54, 1.807) is 6.92 Å². The van der Waals surface area contributed by atoms with Crippen LogP contribution in [0.5, 0.6) is 0 Å². The molecule has 1 aliphatic rings. The highest BCUT2D eigenvalue weighted by Crippen LogP contribution is 2.21. The maximum absolute atomic E-state index is 11.3. The molecular weight excluding hydrogens is 230 g/mol. The van der Waals surface area contributed by atoms with Crippen molar-refractivity contribution < 1.29 is 14.6 Å². The van der Waals surface area contributed by atoms with E-state index in [2.05, 4.69) is 5.32 Å². The fraction of sp³-hybridized carbons (Fsp3) is 0.929. The van der Waals surface area contributed by atoms with Crippen molar-refractivity contribution in [2.24, 2.45) is 0 Å². The fourth-order valence-corrected chi connectivity index (χ4v) is 2.28. The van der Waals surface area contributed by atoms with Gasteiger partial charge < -0.3 is 15.2 Å². The summed E-state index contributed by atoms with van der Waals surface area (Å²) >= 11 is 0. The molecule has 0 spiro atoms. The molecule has 4 heteroatoms. The molecule has 1 aliphatic carbocycles. The minimum atomic E-state index is -0.956. The standard InChI is InChI=1S/C14H27NO3/c1-3-10-15-14(2,13(16)17)11-18-12-8-6-4-5-7-9-12/h12,15H,3-11H2,1-2H3,(H,16,17). The normalized spacial score (nSPS) is 21.2. The van der Waals surface area contributed by atoms with E-state index < -0.39 is 11.5 Å². The molecule has 0 aromatic rings. The smallest absolute Gasteiger partial charge is 0.326 e. The molecule has 2 N–H and O–H groups in total. The first-order chi connectivity index (χ1) is 8.58. The van der Waals surface area contributed by atoms with Gasteiger partial charge in [-0.3, -0.25) is 4.79 Å². The first kappa shape index (κ1) is 15.4. The molecule has 1 atom stereocenters. The summed E-state index contributed by atoms with van der Waals surface area (Å²) in [5, 5.41) is 12.4. The molecule has 0 bridgehead atoms. The van der Waals surface area contributed by atoms with Crippen LogP contribution in [0.4, 0.5) is 0 Å². The molecule has 4 nitrogen and oxygen atoms in total. The zero-order chi connectivity index (χ0) is 13.4. The van der Waals surface area contributed by atoms with Crippen LogP contribution in [0.15, 0.2) is 0 Å². The lowest BCUT2D eigenvalue weighted by atomic mass is 10.0. The zero-order valence-electron chi connectivity index (χ0n) is 11.7. The molecule has 0 radical (unpaired) electrons. The van der Waals surface area contributed by atoms with Gasteiger partial charge in [-0.15, -0.1) is 0 Å². The SMILES string of the molecule is CCCNC(C)(COC1CCCCCC1)C(=O)O. The van der Waals surface area contributed by atoms with Gasteiger partial charge in [0.25, 0.3) is 0 Å². The van der Waals surface area contributed by atoms with E-state index in [4.69, 9.17) is 4.74 Å². The number of rotatable bonds is 7. The van der Waals surface area contributed by atoms with Crippen LogP contribution >= 0.6 is 0 Å². The quantitative estimate of drug-likeness (QED) is 0.688. The van der Waals surface area contributed by atoms with Gasteiger partial charge >= 0.3 is 5.97 Å². The Balaban J connectivity index is 2.42. The Bertz CT molecular complexity index is 249. The van der Waals surface area contributed by atoms with Crippen LogP contribution in [0, 0.1) is 0 Å². The number of carbonyl (C=O) groups is 1. The van der Waals surface area contributed by atoms with E-state index >= 15 is 0 Å². The van der Waals surface area contributed by atoms with Gasteiger partial charge in [-0.2, -0.15) is 0 Å². The van der Waals surface area contributed by atoms with Crippen LogP contribution in [0.3, 0.4) is 0 Å². The van der Waals surface area contributed by atoms with Crippen molar-refractivity contribution in [1.82, 2.24) is 5.32 Å². The van der Waals surface area contributed by atoms with Crippen molar-refractivity contribution in [3.63, 3.8) is 0 Å². The van der Waals surface area contributed by atoms with E-state index in [0.29, 0.717) is 6.54 Å². The fourth-order valence-electron chi connectivity index (χ4n) is 2.28. The van der Waals surface area contributed by atoms with Gasteiger partial charge in [-0.25, -0.2) is 0 Å². The van der Waals surface area contributed by atoms with Crippen LogP contribution in [0.1, 0.15) is 58.8 Å². The highest BCUT2D eigenvalue weighted by molar-refractivity contribution is 5.78. The third kappa shape index (κ3) is 4.94. The predicted molar refractivity (Wildman–Crippen MR) is 71.8 cm³/mol. The molecule has 0 saturated heterocycles. The number of carboxylic acids is 1. The van der Waals surface area contributed by atoms with Crippen molar-refractivity contribution in [2.75, 3.05) is 13.2 Å². The average molecular weight is 257 g/mol. The van der Waals surface area contributed by atoms with E-state index in [1.807, 2.05) is 6.92 Å². The Morgan fingerprint density at radius 1 is 1.33 bits per heavy atom. The number of ether oxygens (including phenoxy) is 1. The van der Waals surface area contributed by atoms with Crippen LogP contribution in [0.2, 0.25) is 0 Å². The van der Waals surface area contributed by atoms with Crippen molar-refractivity contribution in [2.45, 2.75) is 70.4 Å². The summed E-state index contributed by atoms with van der Waals surface area (Å²) < 4.78 is 5.84. The molecule has 0 aromatic heterocycles. The van der Waals surface area contributed by atoms with Gasteiger partial charge in [-0.05, 0) is 32.7 Å². The van der Waals surface area contributed by atoms with Crippen LogP contribution in [-0.2, 0) is 9.53 Å². The van der Waals surface area contributed by atoms with Crippen molar-refractivity contribution >= 4 is 5.97 Å². The molecule has 0 aromatic carbocycles. The van der Waals surface area contributed by atoms with Crippen molar-refractivity contribution in [3.8, 4) is 0 Å². The summed E-state index contributed by atoms with van der Waals surface area (Å²) in [6.45, 7) is 4.70. The van der Waals surface area contributed by atoms with Crippen LogP contribution in [-0.4, -0.2) is 35.9 Å². The van der Waals surface area contributed by atoms with Gasteiger partial charge in [0.2, 0.25) is 0 Å². The lowest BCUT2D eigenvalue weighted by Crippen LogP contribution is -2.53. The third-order valence-electron chi connectivity index (χ3n) is 3.65. The third-order valence-corrected chi connectivity index (χ3v) is 3.65. The maximum Gasteiger partial charge on any atom is 0.326 e. The molecule has 1 unspecified atom stereocenters. The monoisotopic (exact) mass is 257 g/mol. The van der Waals surface area contributed by atoms with E-state index in [0.717, 1.165) is 19.3 Å². The number of nitrogens with one attached hydrogen (secondary N) is 1. The summed E-state index contributed by atoms with van der Waals surface area (Å²) in [6.07, 6.45) is 8.29. The lowest BCUT2D eigenvalue weighted by Gasteiger charge is -2.28. The number of aliphatic carboxylic acids is 1. The summed E-state index contributed by atoms with van der Waals surface area (Å²) in [5.41, 5.74) is -0.956. The first-order valence-corrected chi connectivity index (χ1v) is 7.18. The van der Waals surface area contributed by atoms with Gasteiger partial charge in [0.05, 0.1) is 12.7 Å². The van der Waals surface area contributed by atoms with Gasteiger partial charge in [0, 0.05) is 0 Å². The lowest BCUT2D eigenvalue weighted by molar-refractivity contribution is -0.148. The van der Waals surface area contributed by atoms with Gasteiger partial charge in [0.1, 0.15) is 5.54 Å². The minimum absolute atomic E-state index is 0.245. The second-order valence-corrected chi connectivity index (χ2v) is 5.49. The summed E-state index contributed by atoms with van der Waals surface area (Å²) in [6, 6.07) is 0. The van der Waals surface area contributed by atoms with Crippen molar-refractivity contribution in [3.05, 3.63) is 0 Å². The summed E-state index contributed by atoms with van der Waals surface area (Å²) in [5.74, 6) is -0.829. The van der Waals surface area contributed by atoms with Gasteiger partial charge in [-0.1, -0.05) is 32.6 Å². The van der Waals surface area contributed by atoms with Gasteiger partial charge in [0.15, 0.2) is 0 Å². The van der Waals surface area contributed by atoms with Crippen LogP contribution in [0.25, 0.3) is 0 Å². The molecule has 0 aliphatic heterocycles. The molecule has 18 heavy (non-hydrogen) atoms.